The van der Waals surface area contributed by atoms with Crippen molar-refractivity contribution < 1.29 is 0 Å². The van der Waals surface area contributed by atoms with Crippen molar-refractivity contribution in [2.24, 2.45) is 0 Å². The molecule has 0 atom stereocenters. The number of para-hydroxylation sites is 1. The number of aromatic nitrogens is 1. The van der Waals surface area contributed by atoms with Crippen LogP contribution >= 0.6 is 0 Å². The molecule has 3 heteroatoms. The van der Waals surface area contributed by atoms with Crippen molar-refractivity contribution in [3.63, 3.8) is 0 Å². The van der Waals surface area contributed by atoms with Crippen LogP contribution in [0.3, 0.4) is 0 Å². The Morgan fingerprint density at radius 3 is 2.53 bits per heavy atom. The van der Waals surface area contributed by atoms with Crippen molar-refractivity contribution in [2.75, 3.05) is 0 Å². The Morgan fingerprint density at radius 2 is 1.67 bits per heavy atom. The molecule has 1 heterocycles. The summed E-state index contributed by atoms with van der Waals surface area (Å²) in [6.07, 6.45) is 0. The van der Waals surface area contributed by atoms with Crippen molar-refractivity contribution in [1.82, 2.24) is 3.55 Å². The number of fused-ring (bicyclic) bond motifs is 3. The summed E-state index contributed by atoms with van der Waals surface area (Å²) in [5, 5.41) is 2.45. The zero-order valence-corrected chi connectivity index (χ0v) is 9.30. The van der Waals surface area contributed by atoms with E-state index in [0.717, 1.165) is 5.46 Å². The molecule has 0 saturated carbocycles. The zero-order chi connectivity index (χ0) is 10.4. The predicted molar refractivity (Wildman–Crippen MR) is 66.0 cm³/mol. The van der Waals surface area contributed by atoms with E-state index in [4.69, 9.17) is 7.85 Å². The zero-order valence-electron chi connectivity index (χ0n) is 8.14. The standard InChI is InChI=1S/C12H7BN.Al/c13-8-5-6-12-10(7-8)9-3-1-2-4-11(9)14-12;/h1-7H;/q-1;+1. The fourth-order valence-corrected chi connectivity index (χ4v) is 2.47. The summed E-state index contributed by atoms with van der Waals surface area (Å²) >= 11 is 2.74. The molecule has 0 spiro atoms. The maximum absolute atomic E-state index is 5.81. The monoisotopic (exact) mass is 203 g/mol. The molecule has 66 valence electrons. The maximum Gasteiger partial charge on any atom is 0.318 e. The molecule has 0 N–H and O–H groups in total. The lowest BCUT2D eigenvalue weighted by Crippen LogP contribution is -2.00. The first-order valence-corrected chi connectivity index (χ1v) is 5.33. The van der Waals surface area contributed by atoms with Crippen LogP contribution in [0.1, 0.15) is 0 Å². The second kappa shape index (κ2) is 3.17. The van der Waals surface area contributed by atoms with Gasteiger partial charge in [0.2, 0.25) is 0 Å². The molecule has 0 amide bonds. The summed E-state index contributed by atoms with van der Waals surface area (Å²) in [7, 11) is 5.81. The molecule has 4 radical (unpaired) electrons. The van der Waals surface area contributed by atoms with Gasteiger partial charge in [-0.15, -0.1) is 0 Å². The molecule has 0 saturated heterocycles. The van der Waals surface area contributed by atoms with Gasteiger partial charge in [0.15, 0.2) is 0 Å². The first-order chi connectivity index (χ1) is 7.27. The lowest BCUT2D eigenvalue weighted by molar-refractivity contribution is 1.39. The Labute approximate surface area is 97.7 Å². The van der Waals surface area contributed by atoms with E-state index in [0.29, 0.717) is 0 Å². The van der Waals surface area contributed by atoms with Gasteiger partial charge in [-0.05, 0) is 12.1 Å². The van der Waals surface area contributed by atoms with E-state index >= 15 is 0 Å². The van der Waals surface area contributed by atoms with Gasteiger partial charge >= 0.3 is 16.5 Å². The van der Waals surface area contributed by atoms with Gasteiger partial charge in [0.1, 0.15) is 7.85 Å². The molecule has 1 aromatic heterocycles. The normalized spacial score (nSPS) is 11.2. The van der Waals surface area contributed by atoms with E-state index in [1.807, 2.05) is 18.2 Å². The lowest BCUT2D eigenvalue weighted by Gasteiger charge is -1.99. The predicted octanol–water partition coefficient (Wildman–Crippen LogP) is 1.52. The van der Waals surface area contributed by atoms with Crippen LogP contribution in [0.4, 0.5) is 0 Å². The molecule has 0 fully saturated rings. The van der Waals surface area contributed by atoms with E-state index in [9.17, 15) is 0 Å². The largest absolute Gasteiger partial charge is 0.452 e. The Bertz CT molecular complexity index is 657. The van der Waals surface area contributed by atoms with E-state index in [1.54, 1.807) is 0 Å². The third-order valence-electron chi connectivity index (χ3n) is 2.73. The third kappa shape index (κ3) is 1.24. The van der Waals surface area contributed by atoms with Gasteiger partial charge in [-0.1, -0.05) is 35.8 Å². The Kier molecular flexibility index (Phi) is 1.92. The molecule has 3 rings (SSSR count). The number of hydrogen-bond donors (Lipinski definition) is 0. The first-order valence-electron chi connectivity index (χ1n) is 4.81. The topological polar surface area (TPSA) is 4.93 Å². The van der Waals surface area contributed by atoms with Gasteiger partial charge < -0.3 is 3.55 Å². The first kappa shape index (κ1) is 9.09. The highest BCUT2D eigenvalue weighted by Crippen LogP contribution is 2.26. The van der Waals surface area contributed by atoms with Gasteiger partial charge in [0, 0.05) is 21.8 Å². The van der Waals surface area contributed by atoms with Gasteiger partial charge in [0.25, 0.3) is 0 Å². The van der Waals surface area contributed by atoms with E-state index in [-0.39, 0.29) is 0 Å². The van der Waals surface area contributed by atoms with E-state index in [2.05, 4.69) is 44.3 Å². The van der Waals surface area contributed by atoms with Crippen LogP contribution in [0.5, 0.6) is 0 Å². The van der Waals surface area contributed by atoms with Gasteiger partial charge in [-0.25, -0.2) is 0 Å². The highest BCUT2D eigenvalue weighted by atomic mass is 27.1. The smallest absolute Gasteiger partial charge is 0.318 e. The molecule has 0 unspecified atom stereocenters. The molecule has 3 aromatic rings. The molecule has 2 aromatic carbocycles. The van der Waals surface area contributed by atoms with E-state index < -0.39 is 0 Å². The fourth-order valence-electron chi connectivity index (χ4n) is 2.02. The number of rotatable bonds is 0. The van der Waals surface area contributed by atoms with Crippen LogP contribution in [-0.2, 0) is 0 Å². The molecule has 0 aliphatic rings. The maximum atomic E-state index is 5.81. The number of benzene rings is 2. The van der Waals surface area contributed by atoms with Crippen LogP contribution in [0.25, 0.3) is 21.8 Å². The minimum Gasteiger partial charge on any atom is -0.452 e. The summed E-state index contributed by atoms with van der Waals surface area (Å²) in [6, 6.07) is 14.3. The highest BCUT2D eigenvalue weighted by molar-refractivity contribution is 6.34. The highest BCUT2D eigenvalue weighted by Gasteiger charge is 2.05. The lowest BCUT2D eigenvalue weighted by atomic mass is 9.94. The Morgan fingerprint density at radius 1 is 0.933 bits per heavy atom. The Balaban J connectivity index is 2.64. The molecular weight excluding hydrogens is 196 g/mol. The summed E-state index contributed by atoms with van der Waals surface area (Å²) < 4.78 is 2.12. The van der Waals surface area contributed by atoms with E-state index in [1.165, 1.54) is 21.8 Å². The minimum absolute atomic E-state index is 0.809. The van der Waals surface area contributed by atoms with Crippen molar-refractivity contribution in [2.45, 2.75) is 0 Å². The van der Waals surface area contributed by atoms with Crippen LogP contribution in [0, 0.1) is 0 Å². The van der Waals surface area contributed by atoms with Gasteiger partial charge in [-0.3, -0.25) is 0 Å². The number of hydrogen-bond acceptors (Lipinski definition) is 0. The second-order valence-electron chi connectivity index (χ2n) is 3.66. The van der Waals surface area contributed by atoms with Crippen molar-refractivity contribution >= 4 is 51.6 Å². The van der Waals surface area contributed by atoms with Gasteiger partial charge in [0.05, 0.1) is 0 Å². The molecule has 0 aliphatic carbocycles. The van der Waals surface area contributed by atoms with Gasteiger partial charge in [-0.2, -0.15) is 0 Å². The molecular formula is C12H7AlBN. The number of nitrogens with zero attached hydrogens (tertiary/aromatic N) is 1. The van der Waals surface area contributed by atoms with Crippen molar-refractivity contribution in [3.8, 4) is 0 Å². The summed E-state index contributed by atoms with van der Waals surface area (Å²) in [4.78, 5) is 0. The van der Waals surface area contributed by atoms with Crippen LogP contribution in [0.2, 0.25) is 0 Å². The summed E-state index contributed by atoms with van der Waals surface area (Å²) in [5.41, 5.74) is 3.21. The fraction of sp³-hybridized carbons (Fsp3) is 0. The van der Waals surface area contributed by atoms with Crippen LogP contribution in [0.15, 0.2) is 42.5 Å². The van der Waals surface area contributed by atoms with Crippen LogP contribution < -0.4 is 5.46 Å². The van der Waals surface area contributed by atoms with Crippen LogP contribution in [-0.4, -0.2) is 27.9 Å². The molecule has 0 bridgehead atoms. The molecule has 1 nitrogen and oxygen atoms in total. The second-order valence-corrected chi connectivity index (χ2v) is 4.18. The summed E-state index contributed by atoms with van der Waals surface area (Å²) in [5.74, 6) is 0. The minimum atomic E-state index is 0.809. The third-order valence-corrected chi connectivity index (χ3v) is 3.29. The summed E-state index contributed by atoms with van der Waals surface area (Å²) in [6.45, 7) is 0. The average molecular weight is 203 g/mol. The molecule has 15 heavy (non-hydrogen) atoms. The Hall–Kier alpha value is -1.16. The average Bonchev–Trinajstić information content (AvgIpc) is 2.54. The SMILES string of the molecule is [B]c1ccc2c(c1)c1ccccc1[n]2[Al]. The van der Waals surface area contributed by atoms with Crippen molar-refractivity contribution in [3.05, 3.63) is 42.5 Å². The quantitative estimate of drug-likeness (QED) is 0.488. The molecule has 0 aliphatic heterocycles. The van der Waals surface area contributed by atoms with Crippen molar-refractivity contribution in [1.29, 1.82) is 0 Å².